The fraction of sp³-hybridized carbons (Fsp3) is 0.474. The van der Waals surface area contributed by atoms with Gasteiger partial charge in [0.05, 0.1) is 43.1 Å². The minimum atomic E-state index is -0.429. The summed E-state index contributed by atoms with van der Waals surface area (Å²) in [5.74, 6) is -0.249. The van der Waals surface area contributed by atoms with E-state index >= 15 is 0 Å². The first kappa shape index (κ1) is 20.6. The highest BCUT2D eigenvalue weighted by Gasteiger charge is 2.35. The summed E-state index contributed by atoms with van der Waals surface area (Å²) in [6.07, 6.45) is 2.20. The first-order valence-corrected chi connectivity index (χ1v) is 10.1. The molecule has 11 heteroatoms. The Labute approximate surface area is 178 Å². The van der Waals surface area contributed by atoms with Crippen LogP contribution in [0.4, 0.5) is 0 Å². The summed E-state index contributed by atoms with van der Waals surface area (Å²) >= 11 is 6.22. The molecule has 2 atom stereocenters. The van der Waals surface area contributed by atoms with Crippen molar-refractivity contribution in [3.8, 4) is 5.75 Å². The molecule has 1 aromatic carbocycles. The van der Waals surface area contributed by atoms with Gasteiger partial charge in [0.15, 0.2) is 0 Å². The van der Waals surface area contributed by atoms with E-state index in [2.05, 4.69) is 15.6 Å². The van der Waals surface area contributed by atoms with Crippen LogP contribution in [0, 0.1) is 0 Å². The van der Waals surface area contributed by atoms with Crippen molar-refractivity contribution >= 4 is 23.4 Å². The summed E-state index contributed by atoms with van der Waals surface area (Å²) in [4.78, 5) is 26.1. The number of ether oxygens (including phenoxy) is 2. The summed E-state index contributed by atoms with van der Waals surface area (Å²) < 4.78 is 13.5. The molecule has 0 aliphatic carbocycles. The number of nitrogens with two attached hydrogens (primary N) is 1. The van der Waals surface area contributed by atoms with Gasteiger partial charge in [0.25, 0.3) is 5.91 Å². The standard InChI is InChI=1S/C19H23ClN6O4/c20-14-3-2-12-6-16(14)29-5-1-4-26-7-13(23-24-26)11-30-17-9-25(10-18(21)27)8-15(17)22-19(12)28/h2-3,6-7,15,17H,1,4-5,8-11H2,(H2,21,27)(H,22,28)/t15-,17-/m0/s1. The Bertz CT molecular complexity index is 935. The Kier molecular flexibility index (Phi) is 6.16. The van der Waals surface area contributed by atoms with Crippen molar-refractivity contribution in [2.75, 3.05) is 26.2 Å². The van der Waals surface area contributed by atoms with Crippen LogP contribution in [0.2, 0.25) is 5.02 Å². The third-order valence-electron chi connectivity index (χ3n) is 5.05. The van der Waals surface area contributed by atoms with E-state index < -0.39 is 5.91 Å². The van der Waals surface area contributed by atoms with Gasteiger partial charge in [-0.05, 0) is 18.2 Å². The van der Waals surface area contributed by atoms with Crippen molar-refractivity contribution < 1.29 is 19.1 Å². The van der Waals surface area contributed by atoms with Crippen LogP contribution in [-0.2, 0) is 22.7 Å². The van der Waals surface area contributed by atoms with E-state index in [1.54, 1.807) is 22.9 Å². The van der Waals surface area contributed by atoms with Crippen LogP contribution in [-0.4, -0.2) is 70.1 Å². The second-order valence-electron chi connectivity index (χ2n) is 7.41. The number of nitrogens with zero attached hydrogens (tertiary/aromatic N) is 4. The molecule has 3 N–H and O–H groups in total. The van der Waals surface area contributed by atoms with Crippen LogP contribution in [0.15, 0.2) is 24.4 Å². The van der Waals surface area contributed by atoms with Crippen molar-refractivity contribution in [1.29, 1.82) is 0 Å². The predicted molar refractivity (Wildman–Crippen MR) is 107 cm³/mol. The number of fused-ring (bicyclic) bond motifs is 5. The lowest BCUT2D eigenvalue weighted by Crippen LogP contribution is -2.44. The molecule has 1 saturated heterocycles. The average molecular weight is 435 g/mol. The number of primary amides is 1. The highest BCUT2D eigenvalue weighted by Crippen LogP contribution is 2.26. The third-order valence-corrected chi connectivity index (χ3v) is 5.36. The molecule has 4 bridgehead atoms. The normalized spacial score (nSPS) is 22.8. The minimum absolute atomic E-state index is 0.0986. The van der Waals surface area contributed by atoms with E-state index in [4.69, 9.17) is 26.8 Å². The molecule has 2 aromatic rings. The van der Waals surface area contributed by atoms with Crippen LogP contribution < -0.4 is 15.8 Å². The molecule has 30 heavy (non-hydrogen) atoms. The van der Waals surface area contributed by atoms with Crippen molar-refractivity contribution in [3.05, 3.63) is 40.7 Å². The molecule has 10 nitrogen and oxygen atoms in total. The highest BCUT2D eigenvalue weighted by atomic mass is 35.5. The van der Waals surface area contributed by atoms with Crippen molar-refractivity contribution in [2.24, 2.45) is 5.73 Å². The van der Waals surface area contributed by atoms with Gasteiger partial charge in [-0.1, -0.05) is 16.8 Å². The number of likely N-dealkylation sites (tertiary alicyclic amines) is 1. The number of aryl methyl sites for hydroxylation is 1. The number of amides is 2. The first-order chi connectivity index (χ1) is 14.5. The number of carbonyl (C=O) groups is 2. The van der Waals surface area contributed by atoms with E-state index in [1.165, 1.54) is 0 Å². The fourth-order valence-electron chi connectivity index (χ4n) is 3.63. The number of hydrogen-bond acceptors (Lipinski definition) is 7. The second-order valence-corrected chi connectivity index (χ2v) is 7.82. The molecular formula is C19H23ClN6O4. The number of halogens is 1. The van der Waals surface area contributed by atoms with E-state index in [1.807, 2.05) is 11.1 Å². The van der Waals surface area contributed by atoms with E-state index in [-0.39, 0.29) is 31.2 Å². The zero-order valence-electron chi connectivity index (χ0n) is 16.3. The lowest BCUT2D eigenvalue weighted by molar-refractivity contribution is -0.119. The Morgan fingerprint density at radius 2 is 2.23 bits per heavy atom. The van der Waals surface area contributed by atoms with Gasteiger partial charge in [-0.25, -0.2) is 0 Å². The molecule has 0 unspecified atom stereocenters. The molecule has 2 aliphatic rings. The molecule has 0 radical (unpaired) electrons. The van der Waals surface area contributed by atoms with Gasteiger partial charge in [0.1, 0.15) is 11.4 Å². The number of hydrogen-bond donors (Lipinski definition) is 2. The van der Waals surface area contributed by atoms with Crippen LogP contribution in [0.25, 0.3) is 0 Å². The smallest absolute Gasteiger partial charge is 0.251 e. The summed E-state index contributed by atoms with van der Waals surface area (Å²) in [6, 6.07) is 4.59. The maximum Gasteiger partial charge on any atom is 0.251 e. The molecule has 160 valence electrons. The molecular weight excluding hydrogens is 412 g/mol. The number of nitrogens with one attached hydrogen (secondary N) is 1. The van der Waals surface area contributed by atoms with Crippen molar-refractivity contribution in [2.45, 2.75) is 31.7 Å². The van der Waals surface area contributed by atoms with E-state index in [0.717, 1.165) is 0 Å². The maximum absolute atomic E-state index is 12.9. The van der Waals surface area contributed by atoms with Crippen molar-refractivity contribution in [3.63, 3.8) is 0 Å². The van der Waals surface area contributed by atoms with Crippen molar-refractivity contribution in [1.82, 2.24) is 25.2 Å². The van der Waals surface area contributed by atoms with Crippen LogP contribution in [0.1, 0.15) is 22.5 Å². The van der Waals surface area contributed by atoms with Gasteiger partial charge in [0.2, 0.25) is 5.91 Å². The molecule has 2 amide bonds. The second kappa shape index (κ2) is 8.99. The highest BCUT2D eigenvalue weighted by molar-refractivity contribution is 6.32. The summed E-state index contributed by atoms with van der Waals surface area (Å²) in [7, 11) is 0. The largest absolute Gasteiger partial charge is 0.492 e. The Hall–Kier alpha value is -2.69. The molecule has 4 rings (SSSR count). The van der Waals surface area contributed by atoms with Gasteiger partial charge in [-0.15, -0.1) is 5.10 Å². The minimum Gasteiger partial charge on any atom is -0.492 e. The molecule has 0 saturated carbocycles. The van der Waals surface area contributed by atoms with Gasteiger partial charge in [0, 0.05) is 31.6 Å². The van der Waals surface area contributed by atoms with Crippen LogP contribution >= 0.6 is 11.6 Å². The number of rotatable bonds is 2. The number of carbonyl (C=O) groups excluding carboxylic acids is 2. The lowest BCUT2D eigenvalue weighted by atomic mass is 10.1. The molecule has 1 fully saturated rings. The van der Waals surface area contributed by atoms with Gasteiger partial charge >= 0.3 is 0 Å². The Balaban J connectivity index is 1.58. The molecule has 0 spiro atoms. The zero-order chi connectivity index (χ0) is 21.1. The predicted octanol–water partition coefficient (Wildman–Crippen LogP) is 0.199. The fourth-order valence-corrected chi connectivity index (χ4v) is 3.80. The Morgan fingerprint density at radius 3 is 3.07 bits per heavy atom. The average Bonchev–Trinajstić information content (AvgIpc) is 3.30. The third kappa shape index (κ3) is 4.89. The van der Waals surface area contributed by atoms with Gasteiger partial charge in [-0.2, -0.15) is 0 Å². The van der Waals surface area contributed by atoms with Gasteiger partial charge < -0.3 is 20.5 Å². The quantitative estimate of drug-likeness (QED) is 0.691. The van der Waals surface area contributed by atoms with Gasteiger partial charge in [-0.3, -0.25) is 19.2 Å². The summed E-state index contributed by atoms with van der Waals surface area (Å²) in [6.45, 7) is 2.32. The lowest BCUT2D eigenvalue weighted by Gasteiger charge is -2.20. The van der Waals surface area contributed by atoms with Crippen LogP contribution in [0.3, 0.4) is 0 Å². The van der Waals surface area contributed by atoms with E-state index in [9.17, 15) is 9.59 Å². The molecule has 1 aromatic heterocycles. The summed E-state index contributed by atoms with van der Waals surface area (Å²) in [5, 5.41) is 11.7. The Morgan fingerprint density at radius 1 is 1.37 bits per heavy atom. The monoisotopic (exact) mass is 434 g/mol. The zero-order valence-corrected chi connectivity index (χ0v) is 17.0. The topological polar surface area (TPSA) is 125 Å². The first-order valence-electron chi connectivity index (χ1n) is 9.72. The molecule has 2 aliphatic heterocycles. The number of aromatic nitrogens is 3. The number of benzene rings is 1. The SMILES string of the molecule is NC(=O)CN1C[C@@H]2NC(=O)c3ccc(Cl)c(c3)OCCCn3cc(nn3)CO[C@H]2C1. The molecule has 3 heterocycles. The van der Waals surface area contributed by atoms with Crippen LogP contribution in [0.5, 0.6) is 5.75 Å². The van der Waals surface area contributed by atoms with E-state index in [0.29, 0.717) is 54.7 Å². The summed E-state index contributed by atoms with van der Waals surface area (Å²) in [5.41, 5.74) is 6.46. The maximum atomic E-state index is 12.9.